The highest BCUT2D eigenvalue weighted by atomic mass is 32.2. The molecule has 1 heterocycles. The van der Waals surface area contributed by atoms with Crippen molar-refractivity contribution < 1.29 is 0 Å². The zero-order valence-corrected chi connectivity index (χ0v) is 9.65. The van der Waals surface area contributed by atoms with Crippen molar-refractivity contribution in [2.45, 2.75) is 5.75 Å². The number of rotatable bonds is 4. The second kappa shape index (κ2) is 5.43. The number of hydrogen-bond donors (Lipinski definition) is 0. The van der Waals surface area contributed by atoms with Gasteiger partial charge in [-0.2, -0.15) is 0 Å². The average Bonchev–Trinajstić information content (AvgIpc) is 2.83. The van der Waals surface area contributed by atoms with E-state index in [0.29, 0.717) is 0 Å². The van der Waals surface area contributed by atoms with Gasteiger partial charge in [0.15, 0.2) is 0 Å². The maximum absolute atomic E-state index is 5.24. The Morgan fingerprint density at radius 3 is 3.00 bits per heavy atom. The van der Waals surface area contributed by atoms with Crippen LogP contribution in [0.25, 0.3) is 5.69 Å². The highest BCUT2D eigenvalue weighted by molar-refractivity contribution is 7.98. The third-order valence-corrected chi connectivity index (χ3v) is 3.10. The Morgan fingerprint density at radius 2 is 2.25 bits per heavy atom. The second-order valence-electron chi connectivity index (χ2n) is 3.30. The second-order valence-corrected chi connectivity index (χ2v) is 4.28. The smallest absolute Gasteiger partial charge is 0.0991 e. The fourth-order valence-corrected chi connectivity index (χ4v) is 2.19. The molecule has 16 heavy (non-hydrogen) atoms. The van der Waals surface area contributed by atoms with Gasteiger partial charge in [0.1, 0.15) is 0 Å². The van der Waals surface area contributed by atoms with E-state index in [1.165, 1.54) is 11.3 Å². The van der Waals surface area contributed by atoms with Gasteiger partial charge in [-0.1, -0.05) is 24.1 Å². The van der Waals surface area contributed by atoms with E-state index in [0.717, 1.165) is 11.5 Å². The highest BCUT2D eigenvalue weighted by Crippen LogP contribution is 2.19. The molecule has 1 aromatic heterocycles. The van der Waals surface area contributed by atoms with Crippen molar-refractivity contribution in [1.29, 1.82) is 0 Å². The monoisotopic (exact) mass is 228 g/mol. The van der Waals surface area contributed by atoms with Gasteiger partial charge in [0.05, 0.1) is 17.8 Å². The maximum atomic E-state index is 5.24. The molecule has 2 nitrogen and oxygen atoms in total. The highest BCUT2D eigenvalue weighted by Gasteiger charge is 2.02. The van der Waals surface area contributed by atoms with Gasteiger partial charge in [0.25, 0.3) is 0 Å². The van der Waals surface area contributed by atoms with Gasteiger partial charge in [-0.05, 0) is 11.6 Å². The standard InChI is InChI=1S/C13H12N2S/c1-2-9-16-10-12-5-3-4-6-13(12)15-8-7-14-11-15/h1,3-8,11H,9-10H2. The predicted molar refractivity (Wildman–Crippen MR) is 68.6 cm³/mol. The van der Waals surface area contributed by atoms with Crippen LogP contribution >= 0.6 is 11.8 Å². The van der Waals surface area contributed by atoms with Gasteiger partial charge >= 0.3 is 0 Å². The summed E-state index contributed by atoms with van der Waals surface area (Å²) in [5.41, 5.74) is 2.45. The molecule has 0 saturated carbocycles. The zero-order valence-electron chi connectivity index (χ0n) is 8.84. The Balaban J connectivity index is 2.22. The quantitative estimate of drug-likeness (QED) is 0.591. The molecule has 0 bridgehead atoms. The molecule has 0 aliphatic rings. The molecule has 0 aliphatic heterocycles. The van der Waals surface area contributed by atoms with Crippen molar-refractivity contribution in [3.8, 4) is 18.0 Å². The maximum Gasteiger partial charge on any atom is 0.0991 e. The molecule has 0 N–H and O–H groups in total. The van der Waals surface area contributed by atoms with E-state index in [4.69, 9.17) is 6.42 Å². The minimum absolute atomic E-state index is 0.748. The molecule has 0 fully saturated rings. The minimum Gasteiger partial charge on any atom is -0.306 e. The van der Waals surface area contributed by atoms with Crippen LogP contribution in [0.5, 0.6) is 0 Å². The summed E-state index contributed by atoms with van der Waals surface area (Å²) in [6, 6.07) is 8.29. The Labute approximate surface area is 99.7 Å². The van der Waals surface area contributed by atoms with Gasteiger partial charge in [0, 0.05) is 18.1 Å². The molecule has 0 aliphatic carbocycles. The number of terminal acetylenes is 1. The normalized spacial score (nSPS) is 9.94. The molecule has 2 aromatic rings. The number of aromatic nitrogens is 2. The molecule has 0 spiro atoms. The first-order chi connectivity index (χ1) is 7.92. The van der Waals surface area contributed by atoms with Crippen molar-refractivity contribution in [3.63, 3.8) is 0 Å². The van der Waals surface area contributed by atoms with Crippen molar-refractivity contribution in [2.75, 3.05) is 5.75 Å². The third-order valence-electron chi connectivity index (χ3n) is 2.22. The van der Waals surface area contributed by atoms with Crippen LogP contribution in [0.15, 0.2) is 43.0 Å². The largest absolute Gasteiger partial charge is 0.306 e. The number of hydrogen-bond acceptors (Lipinski definition) is 2. The molecule has 0 radical (unpaired) electrons. The first kappa shape index (κ1) is 10.8. The van der Waals surface area contributed by atoms with Crippen LogP contribution < -0.4 is 0 Å². The van der Waals surface area contributed by atoms with Gasteiger partial charge in [-0.15, -0.1) is 18.2 Å². The number of thioether (sulfide) groups is 1. The van der Waals surface area contributed by atoms with Crippen LogP contribution in [0.4, 0.5) is 0 Å². The van der Waals surface area contributed by atoms with Crippen LogP contribution in [0, 0.1) is 12.3 Å². The summed E-state index contributed by atoms with van der Waals surface area (Å²) in [7, 11) is 0. The van der Waals surface area contributed by atoms with Crippen molar-refractivity contribution in [1.82, 2.24) is 9.55 Å². The van der Waals surface area contributed by atoms with Gasteiger partial charge < -0.3 is 4.57 Å². The molecule has 3 heteroatoms. The van der Waals surface area contributed by atoms with Crippen LogP contribution in [0.3, 0.4) is 0 Å². The van der Waals surface area contributed by atoms with Crippen LogP contribution in [0.1, 0.15) is 5.56 Å². The summed E-state index contributed by atoms with van der Waals surface area (Å²) >= 11 is 1.75. The van der Waals surface area contributed by atoms with E-state index in [9.17, 15) is 0 Å². The van der Waals surface area contributed by atoms with Crippen LogP contribution in [-0.4, -0.2) is 15.3 Å². The summed E-state index contributed by atoms with van der Waals surface area (Å²) in [6.45, 7) is 0. The lowest BCUT2D eigenvalue weighted by Crippen LogP contribution is -1.95. The SMILES string of the molecule is C#CCSCc1ccccc1-n1ccnc1. The summed E-state index contributed by atoms with van der Waals surface area (Å²) < 4.78 is 2.02. The summed E-state index contributed by atoms with van der Waals surface area (Å²) in [4.78, 5) is 4.06. The number of nitrogens with zero attached hydrogens (tertiary/aromatic N) is 2. The van der Waals surface area contributed by atoms with Crippen LogP contribution in [0.2, 0.25) is 0 Å². The van der Waals surface area contributed by atoms with Crippen molar-refractivity contribution in [2.24, 2.45) is 0 Å². The molecule has 0 saturated heterocycles. The lowest BCUT2D eigenvalue weighted by atomic mass is 10.2. The van der Waals surface area contributed by atoms with E-state index in [2.05, 4.69) is 23.0 Å². The molecule has 2 rings (SSSR count). The van der Waals surface area contributed by atoms with E-state index >= 15 is 0 Å². The fourth-order valence-electron chi connectivity index (χ4n) is 1.51. The summed E-state index contributed by atoms with van der Waals surface area (Å²) in [5.74, 6) is 4.31. The third kappa shape index (κ3) is 2.47. The number of imidazole rings is 1. The molecule has 0 unspecified atom stereocenters. The van der Waals surface area contributed by atoms with Crippen molar-refractivity contribution in [3.05, 3.63) is 48.5 Å². The molecule has 80 valence electrons. The van der Waals surface area contributed by atoms with Gasteiger partial charge in [-0.3, -0.25) is 0 Å². The molecule has 0 amide bonds. The lowest BCUT2D eigenvalue weighted by Gasteiger charge is -2.08. The van der Waals surface area contributed by atoms with E-state index in [-0.39, 0.29) is 0 Å². The molecule has 1 aromatic carbocycles. The average molecular weight is 228 g/mol. The lowest BCUT2D eigenvalue weighted by molar-refractivity contribution is 1.04. The Kier molecular flexibility index (Phi) is 3.68. The zero-order chi connectivity index (χ0) is 11.2. The van der Waals surface area contributed by atoms with Crippen LogP contribution in [-0.2, 0) is 5.75 Å². The molecular weight excluding hydrogens is 216 g/mol. The first-order valence-corrected chi connectivity index (χ1v) is 6.14. The molecular formula is C13H12N2S. The number of benzene rings is 1. The summed E-state index contributed by atoms with van der Waals surface area (Å²) in [5, 5.41) is 0. The topological polar surface area (TPSA) is 17.8 Å². The Morgan fingerprint density at radius 1 is 1.38 bits per heavy atom. The summed E-state index contributed by atoms with van der Waals surface area (Å²) in [6.07, 6.45) is 10.8. The fraction of sp³-hybridized carbons (Fsp3) is 0.154. The molecule has 0 atom stereocenters. The first-order valence-electron chi connectivity index (χ1n) is 4.99. The van der Waals surface area contributed by atoms with E-state index < -0.39 is 0 Å². The predicted octanol–water partition coefficient (Wildman–Crippen LogP) is 2.74. The number of para-hydroxylation sites is 1. The minimum atomic E-state index is 0.748. The van der Waals surface area contributed by atoms with Gasteiger partial charge in [0.2, 0.25) is 0 Å². The van der Waals surface area contributed by atoms with E-state index in [1.54, 1.807) is 18.0 Å². The Bertz CT molecular complexity index is 483. The van der Waals surface area contributed by atoms with E-state index in [1.807, 2.05) is 29.2 Å². The van der Waals surface area contributed by atoms with Crippen molar-refractivity contribution >= 4 is 11.8 Å². The van der Waals surface area contributed by atoms with Gasteiger partial charge in [-0.25, -0.2) is 4.98 Å². The Hall–Kier alpha value is -1.66.